The molecule has 0 aliphatic heterocycles. The van der Waals surface area contributed by atoms with Crippen molar-refractivity contribution < 1.29 is 9.53 Å². The topological polar surface area (TPSA) is 78.1 Å². The molecule has 0 radical (unpaired) electrons. The van der Waals surface area contributed by atoms with E-state index in [9.17, 15) is 4.79 Å². The number of ether oxygens (including phenoxy) is 1. The molecule has 0 aliphatic rings. The highest BCUT2D eigenvalue weighted by Crippen LogP contribution is 2.28. The van der Waals surface area contributed by atoms with Crippen LogP contribution in [0.3, 0.4) is 0 Å². The lowest BCUT2D eigenvalue weighted by molar-refractivity contribution is 0.0997. The minimum absolute atomic E-state index is 0.255. The third kappa shape index (κ3) is 1.20. The molecule has 0 saturated heterocycles. The number of rotatable bonds is 2. The van der Waals surface area contributed by atoms with Crippen molar-refractivity contribution in [3.8, 4) is 5.75 Å². The third-order valence-corrected chi connectivity index (χ3v) is 2.52. The molecule has 6 heteroatoms. The van der Waals surface area contributed by atoms with E-state index < -0.39 is 5.91 Å². The van der Waals surface area contributed by atoms with Gasteiger partial charge in [0, 0.05) is 6.20 Å². The highest BCUT2D eigenvalue weighted by molar-refractivity contribution is 7.16. The quantitative estimate of drug-likeness (QED) is 0.793. The van der Waals surface area contributed by atoms with Gasteiger partial charge in [0.25, 0.3) is 5.91 Å². The van der Waals surface area contributed by atoms with Crippen molar-refractivity contribution in [2.24, 2.45) is 5.73 Å². The number of amides is 1. The van der Waals surface area contributed by atoms with E-state index in [2.05, 4.69) is 9.97 Å². The van der Waals surface area contributed by atoms with E-state index in [1.54, 1.807) is 5.51 Å². The molecule has 0 aromatic carbocycles. The van der Waals surface area contributed by atoms with Gasteiger partial charge in [0.05, 0.1) is 12.6 Å². The summed E-state index contributed by atoms with van der Waals surface area (Å²) in [5, 5.41) is 0. The molecule has 14 heavy (non-hydrogen) atoms. The minimum Gasteiger partial charge on any atom is -0.493 e. The first kappa shape index (κ1) is 8.89. The third-order valence-electron chi connectivity index (χ3n) is 1.79. The number of thiazole rings is 1. The van der Waals surface area contributed by atoms with Gasteiger partial charge < -0.3 is 10.5 Å². The monoisotopic (exact) mass is 209 g/mol. The van der Waals surface area contributed by atoms with E-state index in [-0.39, 0.29) is 5.56 Å². The molecule has 2 N–H and O–H groups in total. The Bertz CT molecular complexity index is 494. The highest BCUT2D eigenvalue weighted by Gasteiger charge is 2.15. The molecule has 0 atom stereocenters. The van der Waals surface area contributed by atoms with Gasteiger partial charge in [-0.3, -0.25) is 4.79 Å². The number of hydrogen-bond donors (Lipinski definition) is 1. The summed E-state index contributed by atoms with van der Waals surface area (Å²) in [6.45, 7) is 0. The molecule has 1 amide bonds. The summed E-state index contributed by atoms with van der Waals surface area (Å²) in [6, 6.07) is 0. The summed E-state index contributed by atoms with van der Waals surface area (Å²) >= 11 is 1.38. The number of pyridine rings is 1. The molecule has 2 rings (SSSR count). The minimum atomic E-state index is -0.566. The van der Waals surface area contributed by atoms with E-state index in [1.807, 2.05) is 0 Å². The first-order valence-corrected chi connectivity index (χ1v) is 4.68. The van der Waals surface area contributed by atoms with Gasteiger partial charge in [-0.15, -0.1) is 11.3 Å². The Hall–Kier alpha value is -1.69. The number of primary amides is 1. The van der Waals surface area contributed by atoms with Crippen LogP contribution in [0.5, 0.6) is 5.75 Å². The van der Waals surface area contributed by atoms with Crippen molar-refractivity contribution in [3.05, 3.63) is 17.3 Å². The average Bonchev–Trinajstić information content (AvgIpc) is 2.63. The van der Waals surface area contributed by atoms with E-state index in [4.69, 9.17) is 10.5 Å². The predicted molar refractivity (Wildman–Crippen MR) is 52.5 cm³/mol. The maximum Gasteiger partial charge on any atom is 0.254 e. The Morgan fingerprint density at radius 1 is 1.57 bits per heavy atom. The normalized spacial score (nSPS) is 10.4. The zero-order chi connectivity index (χ0) is 10.1. The van der Waals surface area contributed by atoms with E-state index >= 15 is 0 Å². The van der Waals surface area contributed by atoms with Crippen LogP contribution < -0.4 is 10.5 Å². The van der Waals surface area contributed by atoms with Crippen molar-refractivity contribution >= 4 is 27.6 Å². The Morgan fingerprint density at radius 2 is 2.36 bits per heavy atom. The van der Waals surface area contributed by atoms with Gasteiger partial charge >= 0.3 is 0 Å². The molecule has 72 valence electrons. The fraction of sp³-hybridized carbons (Fsp3) is 0.125. The summed E-state index contributed by atoms with van der Waals surface area (Å²) in [7, 11) is 1.47. The van der Waals surface area contributed by atoms with Crippen LogP contribution in [-0.2, 0) is 0 Å². The lowest BCUT2D eigenvalue weighted by Crippen LogP contribution is -2.13. The maximum atomic E-state index is 11.0. The second-order valence-corrected chi connectivity index (χ2v) is 3.41. The van der Waals surface area contributed by atoms with Gasteiger partial charge in [-0.05, 0) is 0 Å². The Kier molecular flexibility index (Phi) is 2.05. The molecule has 0 spiro atoms. The summed E-state index contributed by atoms with van der Waals surface area (Å²) < 4.78 is 5.08. The lowest BCUT2D eigenvalue weighted by atomic mass is 10.2. The largest absolute Gasteiger partial charge is 0.493 e. The Morgan fingerprint density at radius 3 is 3.00 bits per heavy atom. The molecule has 0 bridgehead atoms. The van der Waals surface area contributed by atoms with Gasteiger partial charge in [0.2, 0.25) is 0 Å². The zero-order valence-electron chi connectivity index (χ0n) is 7.35. The number of carbonyl (C=O) groups is 1. The van der Waals surface area contributed by atoms with Crippen molar-refractivity contribution in [1.29, 1.82) is 0 Å². The van der Waals surface area contributed by atoms with Gasteiger partial charge in [-0.2, -0.15) is 0 Å². The van der Waals surface area contributed by atoms with Crippen LogP contribution in [0.2, 0.25) is 0 Å². The SMILES string of the molecule is COc1c(C(N)=O)cnc2scnc12. The molecule has 2 heterocycles. The zero-order valence-corrected chi connectivity index (χ0v) is 8.17. The van der Waals surface area contributed by atoms with E-state index in [1.165, 1.54) is 24.6 Å². The molecule has 0 saturated carbocycles. The van der Waals surface area contributed by atoms with Gasteiger partial charge in [0.15, 0.2) is 5.75 Å². The maximum absolute atomic E-state index is 11.0. The van der Waals surface area contributed by atoms with Crippen molar-refractivity contribution in [3.63, 3.8) is 0 Å². The summed E-state index contributed by atoms with van der Waals surface area (Å²) in [5.74, 6) is -0.173. The average molecular weight is 209 g/mol. The Balaban J connectivity index is 2.78. The second kappa shape index (κ2) is 3.22. The van der Waals surface area contributed by atoms with Crippen LogP contribution >= 0.6 is 11.3 Å². The number of aromatic nitrogens is 2. The van der Waals surface area contributed by atoms with E-state index in [0.29, 0.717) is 11.3 Å². The standard InChI is InChI=1S/C8H7N3O2S/c1-13-6-4(7(9)12)2-10-8-5(6)11-3-14-8/h2-3H,1H3,(H2,9,12). The van der Waals surface area contributed by atoms with Crippen molar-refractivity contribution in [2.45, 2.75) is 0 Å². The summed E-state index contributed by atoms with van der Waals surface area (Å²) in [4.78, 5) is 19.9. The lowest BCUT2D eigenvalue weighted by Gasteiger charge is -2.04. The first-order valence-electron chi connectivity index (χ1n) is 3.80. The van der Waals surface area contributed by atoms with Gasteiger partial charge in [-0.1, -0.05) is 0 Å². The highest BCUT2D eigenvalue weighted by atomic mass is 32.1. The van der Waals surface area contributed by atoms with Crippen LogP contribution in [0, 0.1) is 0 Å². The Labute approximate surface area is 83.5 Å². The number of fused-ring (bicyclic) bond motifs is 1. The predicted octanol–water partition coefficient (Wildman–Crippen LogP) is 0.799. The molecule has 2 aromatic heterocycles. The molecule has 2 aromatic rings. The van der Waals surface area contributed by atoms with Crippen LogP contribution in [-0.4, -0.2) is 23.0 Å². The van der Waals surface area contributed by atoms with Crippen LogP contribution in [0.15, 0.2) is 11.7 Å². The van der Waals surface area contributed by atoms with Crippen molar-refractivity contribution in [2.75, 3.05) is 7.11 Å². The smallest absolute Gasteiger partial charge is 0.254 e. The van der Waals surface area contributed by atoms with Crippen LogP contribution in [0.1, 0.15) is 10.4 Å². The van der Waals surface area contributed by atoms with E-state index in [0.717, 1.165) is 4.83 Å². The number of carbonyl (C=O) groups excluding carboxylic acids is 1. The van der Waals surface area contributed by atoms with Crippen molar-refractivity contribution in [1.82, 2.24) is 9.97 Å². The molecule has 0 aliphatic carbocycles. The summed E-state index contributed by atoms with van der Waals surface area (Å²) in [5.41, 5.74) is 7.64. The van der Waals surface area contributed by atoms with Crippen LogP contribution in [0.25, 0.3) is 10.3 Å². The number of nitrogens with two attached hydrogens (primary N) is 1. The molecular formula is C8H7N3O2S. The molecule has 0 unspecified atom stereocenters. The summed E-state index contributed by atoms with van der Waals surface area (Å²) in [6.07, 6.45) is 1.40. The van der Waals surface area contributed by atoms with Crippen LogP contribution in [0.4, 0.5) is 0 Å². The molecule has 5 nitrogen and oxygen atoms in total. The fourth-order valence-electron chi connectivity index (χ4n) is 1.18. The number of methoxy groups -OCH3 is 1. The number of hydrogen-bond acceptors (Lipinski definition) is 5. The second-order valence-electron chi connectivity index (χ2n) is 2.58. The fourth-order valence-corrected chi connectivity index (χ4v) is 1.81. The molecule has 0 fully saturated rings. The number of nitrogens with zero attached hydrogens (tertiary/aromatic N) is 2. The first-order chi connectivity index (χ1) is 6.74. The van der Waals surface area contributed by atoms with Gasteiger partial charge in [0.1, 0.15) is 15.9 Å². The van der Waals surface area contributed by atoms with Gasteiger partial charge in [-0.25, -0.2) is 9.97 Å². The molecular weight excluding hydrogens is 202 g/mol.